The Balaban J connectivity index is 1.52. The Morgan fingerprint density at radius 3 is 2.13 bits per heavy atom. The van der Waals surface area contributed by atoms with Crippen LogP contribution in [0.4, 0.5) is 11.4 Å². The van der Waals surface area contributed by atoms with Gasteiger partial charge >= 0.3 is 0 Å². The normalized spacial score (nSPS) is 20.1. The van der Waals surface area contributed by atoms with Crippen LogP contribution in [0.15, 0.2) is 54.6 Å². The van der Waals surface area contributed by atoms with Crippen LogP contribution in [0.1, 0.15) is 23.2 Å². The predicted molar refractivity (Wildman–Crippen MR) is 112 cm³/mol. The Hall–Kier alpha value is -3.61. The van der Waals surface area contributed by atoms with Crippen molar-refractivity contribution >= 4 is 29.1 Å². The number of nitrogens with zero attached hydrogens (tertiary/aromatic N) is 1. The molecular formula is C23H22N2O5. The van der Waals surface area contributed by atoms with Gasteiger partial charge in [0.25, 0.3) is 5.91 Å². The van der Waals surface area contributed by atoms with Crippen molar-refractivity contribution in [1.82, 2.24) is 0 Å². The van der Waals surface area contributed by atoms with E-state index in [4.69, 9.17) is 9.47 Å². The molecule has 1 N–H and O–H groups in total. The zero-order chi connectivity index (χ0) is 21.3. The molecule has 7 heteroatoms. The third-order valence-electron chi connectivity index (χ3n) is 5.55. The molecule has 154 valence electrons. The zero-order valence-electron chi connectivity index (χ0n) is 16.8. The third-order valence-corrected chi connectivity index (χ3v) is 5.55. The lowest BCUT2D eigenvalue weighted by atomic mass is 9.85. The summed E-state index contributed by atoms with van der Waals surface area (Å²) in [7, 11) is 3.06. The Morgan fingerprint density at radius 1 is 0.933 bits per heavy atom. The first-order valence-corrected chi connectivity index (χ1v) is 9.69. The number of rotatable bonds is 5. The van der Waals surface area contributed by atoms with Crippen LogP contribution in [0.25, 0.3) is 0 Å². The van der Waals surface area contributed by atoms with Crippen LogP contribution >= 0.6 is 0 Å². The fourth-order valence-electron chi connectivity index (χ4n) is 3.92. The van der Waals surface area contributed by atoms with E-state index in [1.165, 1.54) is 12.0 Å². The average molecular weight is 406 g/mol. The zero-order valence-corrected chi connectivity index (χ0v) is 16.8. The molecule has 0 bridgehead atoms. The standard InChI is InChI=1S/C23H22N2O5/c1-29-16-11-12-20(30-2)19(13-16)24-21(26)14-7-9-15(10-8-14)25-22(27)17-5-3-4-6-18(17)23(25)28/h3-4,7-13,17-18H,5-6H2,1-2H3,(H,24,26)/t17-,18+. The number of nitrogens with one attached hydrogen (secondary N) is 1. The molecule has 1 saturated heterocycles. The number of carbonyl (C=O) groups is 3. The minimum atomic E-state index is -0.343. The molecule has 0 unspecified atom stereocenters. The van der Waals surface area contributed by atoms with Crippen LogP contribution in [-0.2, 0) is 9.59 Å². The predicted octanol–water partition coefficient (Wildman–Crippen LogP) is 3.41. The van der Waals surface area contributed by atoms with Crippen molar-refractivity contribution in [2.45, 2.75) is 12.8 Å². The summed E-state index contributed by atoms with van der Waals surface area (Å²) in [5.41, 5.74) is 1.35. The maximum Gasteiger partial charge on any atom is 0.255 e. The largest absolute Gasteiger partial charge is 0.497 e. The number of amides is 3. The maximum absolute atomic E-state index is 12.7. The first-order chi connectivity index (χ1) is 14.5. The molecule has 2 atom stereocenters. The number of benzene rings is 2. The van der Waals surface area contributed by atoms with Crippen molar-refractivity contribution < 1.29 is 23.9 Å². The number of carbonyl (C=O) groups excluding carboxylic acids is 3. The quantitative estimate of drug-likeness (QED) is 0.608. The molecule has 0 radical (unpaired) electrons. The van der Waals surface area contributed by atoms with Gasteiger partial charge in [0.2, 0.25) is 11.8 Å². The molecule has 1 aliphatic carbocycles. The van der Waals surface area contributed by atoms with Gasteiger partial charge in [-0.1, -0.05) is 12.2 Å². The fourth-order valence-corrected chi connectivity index (χ4v) is 3.92. The van der Waals surface area contributed by atoms with E-state index in [2.05, 4.69) is 5.32 Å². The van der Waals surface area contributed by atoms with Crippen LogP contribution < -0.4 is 19.7 Å². The molecule has 4 rings (SSSR count). The Morgan fingerprint density at radius 2 is 1.57 bits per heavy atom. The number of hydrogen-bond donors (Lipinski definition) is 1. The van der Waals surface area contributed by atoms with Gasteiger partial charge in [0.05, 0.1) is 37.4 Å². The third kappa shape index (κ3) is 3.43. The van der Waals surface area contributed by atoms with Gasteiger partial charge in [-0.25, -0.2) is 0 Å². The molecule has 0 saturated carbocycles. The SMILES string of the molecule is COc1ccc(OC)c(NC(=O)c2ccc(N3C(=O)[C@H]4CC=CC[C@H]4C3=O)cc2)c1. The van der Waals surface area contributed by atoms with Crippen molar-refractivity contribution in [2.24, 2.45) is 11.8 Å². The van der Waals surface area contributed by atoms with Gasteiger partial charge in [-0.15, -0.1) is 0 Å². The van der Waals surface area contributed by atoms with E-state index in [-0.39, 0.29) is 29.6 Å². The lowest BCUT2D eigenvalue weighted by Gasteiger charge is -2.15. The number of allylic oxidation sites excluding steroid dienone is 2. The van der Waals surface area contributed by atoms with E-state index in [1.54, 1.807) is 49.6 Å². The number of anilines is 2. The van der Waals surface area contributed by atoms with Gasteiger partial charge in [-0.05, 0) is 49.2 Å². The van der Waals surface area contributed by atoms with Crippen LogP contribution in [0.5, 0.6) is 11.5 Å². The number of imide groups is 1. The molecule has 2 aliphatic rings. The fraction of sp³-hybridized carbons (Fsp3) is 0.261. The molecule has 0 spiro atoms. The lowest BCUT2D eigenvalue weighted by molar-refractivity contribution is -0.122. The highest BCUT2D eigenvalue weighted by Gasteiger charge is 2.47. The molecular weight excluding hydrogens is 384 g/mol. The van der Waals surface area contributed by atoms with Gasteiger partial charge in [-0.2, -0.15) is 0 Å². The smallest absolute Gasteiger partial charge is 0.255 e. The van der Waals surface area contributed by atoms with Crippen molar-refractivity contribution in [3.63, 3.8) is 0 Å². The van der Waals surface area contributed by atoms with E-state index < -0.39 is 0 Å². The topological polar surface area (TPSA) is 84.9 Å². The molecule has 30 heavy (non-hydrogen) atoms. The van der Waals surface area contributed by atoms with E-state index >= 15 is 0 Å². The highest BCUT2D eigenvalue weighted by molar-refractivity contribution is 6.22. The van der Waals surface area contributed by atoms with Gasteiger partial charge < -0.3 is 14.8 Å². The summed E-state index contributed by atoms with van der Waals surface area (Å²) in [6.45, 7) is 0. The summed E-state index contributed by atoms with van der Waals surface area (Å²) in [6, 6.07) is 11.5. The Kier molecular flexibility index (Phi) is 5.27. The van der Waals surface area contributed by atoms with E-state index in [1.807, 2.05) is 12.2 Å². The second-order valence-electron chi connectivity index (χ2n) is 7.23. The van der Waals surface area contributed by atoms with Crippen LogP contribution in [0.2, 0.25) is 0 Å². The van der Waals surface area contributed by atoms with Crippen molar-refractivity contribution in [1.29, 1.82) is 0 Å². The number of hydrogen-bond acceptors (Lipinski definition) is 5. The molecule has 2 aromatic carbocycles. The monoisotopic (exact) mass is 406 g/mol. The Bertz CT molecular complexity index is 1000. The molecule has 2 aromatic rings. The molecule has 0 aromatic heterocycles. The summed E-state index contributed by atoms with van der Waals surface area (Å²) < 4.78 is 10.5. The highest BCUT2D eigenvalue weighted by atomic mass is 16.5. The van der Waals surface area contributed by atoms with Crippen LogP contribution in [0.3, 0.4) is 0 Å². The summed E-state index contributed by atoms with van der Waals surface area (Å²) in [5, 5.41) is 2.80. The summed E-state index contributed by atoms with van der Waals surface area (Å²) in [6.07, 6.45) is 5.09. The maximum atomic E-state index is 12.7. The minimum absolute atomic E-state index is 0.173. The number of fused-ring (bicyclic) bond motifs is 1. The van der Waals surface area contributed by atoms with Crippen molar-refractivity contribution in [2.75, 3.05) is 24.4 Å². The first kappa shape index (κ1) is 19.7. The van der Waals surface area contributed by atoms with Gasteiger partial charge in [0, 0.05) is 11.6 Å². The van der Waals surface area contributed by atoms with E-state index in [9.17, 15) is 14.4 Å². The average Bonchev–Trinajstić information content (AvgIpc) is 3.04. The minimum Gasteiger partial charge on any atom is -0.497 e. The van der Waals surface area contributed by atoms with Gasteiger partial charge in [0.1, 0.15) is 11.5 Å². The summed E-state index contributed by atoms with van der Waals surface area (Å²) >= 11 is 0. The molecule has 1 heterocycles. The Labute approximate surface area is 174 Å². The highest BCUT2D eigenvalue weighted by Crippen LogP contribution is 2.37. The number of ether oxygens (including phenoxy) is 2. The van der Waals surface area contributed by atoms with Crippen molar-refractivity contribution in [3.8, 4) is 11.5 Å². The first-order valence-electron chi connectivity index (χ1n) is 9.69. The molecule has 3 amide bonds. The second kappa shape index (κ2) is 8.02. The van der Waals surface area contributed by atoms with Gasteiger partial charge in [-0.3, -0.25) is 19.3 Å². The number of methoxy groups -OCH3 is 2. The lowest BCUT2D eigenvalue weighted by Crippen LogP contribution is -2.30. The second-order valence-corrected chi connectivity index (χ2v) is 7.23. The molecule has 7 nitrogen and oxygen atoms in total. The molecule has 1 aliphatic heterocycles. The summed E-state index contributed by atoms with van der Waals surface area (Å²) in [4.78, 5) is 39.3. The summed E-state index contributed by atoms with van der Waals surface area (Å²) in [5.74, 6) is -0.170. The van der Waals surface area contributed by atoms with Crippen molar-refractivity contribution in [3.05, 3.63) is 60.2 Å². The van der Waals surface area contributed by atoms with Crippen LogP contribution in [-0.4, -0.2) is 31.9 Å². The van der Waals surface area contributed by atoms with E-state index in [0.717, 1.165) is 0 Å². The van der Waals surface area contributed by atoms with Gasteiger partial charge in [0.15, 0.2) is 0 Å². The van der Waals surface area contributed by atoms with Crippen LogP contribution in [0, 0.1) is 11.8 Å². The van der Waals surface area contributed by atoms with E-state index in [0.29, 0.717) is 41.3 Å². The molecule has 1 fully saturated rings.